The molecular formula is C23H26N2O. The van der Waals surface area contributed by atoms with Crippen LogP contribution in [-0.2, 0) is 13.1 Å². The maximum Gasteiger partial charge on any atom is 0.119 e. The fourth-order valence-corrected chi connectivity index (χ4v) is 3.95. The average molecular weight is 346 g/mol. The van der Waals surface area contributed by atoms with Crippen LogP contribution in [0.5, 0.6) is 5.75 Å². The maximum atomic E-state index is 5.41. The van der Waals surface area contributed by atoms with Crippen molar-refractivity contribution in [3.05, 3.63) is 89.2 Å². The fraction of sp³-hybridized carbons (Fsp3) is 0.304. The molecule has 1 aliphatic heterocycles. The monoisotopic (exact) mass is 346 g/mol. The van der Waals surface area contributed by atoms with Gasteiger partial charge in [-0.25, -0.2) is 0 Å². The van der Waals surface area contributed by atoms with Gasteiger partial charge >= 0.3 is 0 Å². The molecule has 3 aromatic rings. The molecule has 134 valence electrons. The van der Waals surface area contributed by atoms with Gasteiger partial charge in [-0.05, 0) is 48.7 Å². The number of hydrogen-bond acceptors (Lipinski definition) is 2. The Labute approximate surface area is 155 Å². The Morgan fingerprint density at radius 1 is 1.00 bits per heavy atom. The minimum atomic E-state index is 0.277. The summed E-state index contributed by atoms with van der Waals surface area (Å²) in [6.07, 6.45) is 3.37. The molecule has 0 saturated carbocycles. The lowest BCUT2D eigenvalue weighted by Crippen LogP contribution is -2.29. The van der Waals surface area contributed by atoms with E-state index in [2.05, 4.69) is 77.2 Å². The molecule has 1 aromatic heterocycles. The van der Waals surface area contributed by atoms with Crippen LogP contribution in [0.1, 0.15) is 34.8 Å². The van der Waals surface area contributed by atoms with E-state index < -0.39 is 0 Å². The van der Waals surface area contributed by atoms with Crippen LogP contribution in [-0.4, -0.2) is 23.1 Å². The van der Waals surface area contributed by atoms with Gasteiger partial charge in [0.15, 0.2) is 0 Å². The van der Waals surface area contributed by atoms with Gasteiger partial charge in [0.25, 0.3) is 0 Å². The number of fused-ring (bicyclic) bond motifs is 1. The Bertz CT molecular complexity index is 866. The van der Waals surface area contributed by atoms with Gasteiger partial charge < -0.3 is 9.30 Å². The molecule has 2 aromatic carbocycles. The Kier molecular flexibility index (Phi) is 4.81. The number of benzene rings is 2. The van der Waals surface area contributed by atoms with Gasteiger partial charge in [-0.1, -0.05) is 42.0 Å². The predicted octanol–water partition coefficient (Wildman–Crippen LogP) is 4.80. The first-order valence-electron chi connectivity index (χ1n) is 9.33. The number of aromatic nitrogens is 1. The number of rotatable bonds is 4. The highest BCUT2D eigenvalue weighted by Gasteiger charge is 2.27. The van der Waals surface area contributed by atoms with Crippen molar-refractivity contribution in [1.29, 1.82) is 0 Å². The number of aryl methyl sites for hydroxylation is 2. The van der Waals surface area contributed by atoms with Crippen molar-refractivity contribution in [1.82, 2.24) is 9.47 Å². The van der Waals surface area contributed by atoms with Crippen LogP contribution < -0.4 is 4.74 Å². The second-order valence-electron chi connectivity index (χ2n) is 7.12. The number of hydrogen-bond donors (Lipinski definition) is 0. The van der Waals surface area contributed by atoms with Gasteiger partial charge in [-0.2, -0.15) is 0 Å². The van der Waals surface area contributed by atoms with E-state index in [4.69, 9.17) is 4.74 Å². The molecule has 0 amide bonds. The van der Waals surface area contributed by atoms with E-state index >= 15 is 0 Å². The molecule has 4 rings (SSSR count). The molecule has 2 heterocycles. The summed E-state index contributed by atoms with van der Waals surface area (Å²) in [6, 6.07) is 22.1. The zero-order valence-corrected chi connectivity index (χ0v) is 15.6. The fourth-order valence-electron chi connectivity index (χ4n) is 3.95. The molecule has 0 bridgehead atoms. The van der Waals surface area contributed by atoms with Crippen LogP contribution in [0.15, 0.2) is 66.9 Å². The Balaban J connectivity index is 1.72. The molecule has 26 heavy (non-hydrogen) atoms. The van der Waals surface area contributed by atoms with E-state index in [1.165, 1.54) is 22.4 Å². The van der Waals surface area contributed by atoms with Gasteiger partial charge in [0.05, 0.1) is 13.2 Å². The Morgan fingerprint density at radius 3 is 2.65 bits per heavy atom. The van der Waals surface area contributed by atoms with Crippen LogP contribution in [0.3, 0.4) is 0 Å². The first-order chi connectivity index (χ1) is 12.7. The average Bonchev–Trinajstić information content (AvgIpc) is 3.05. The van der Waals surface area contributed by atoms with Crippen LogP contribution in [0.25, 0.3) is 0 Å². The topological polar surface area (TPSA) is 17.4 Å². The molecule has 0 saturated heterocycles. The minimum absolute atomic E-state index is 0.277. The third-order valence-corrected chi connectivity index (χ3v) is 5.27. The summed E-state index contributed by atoms with van der Waals surface area (Å²) in [6.45, 7) is 5.23. The summed E-state index contributed by atoms with van der Waals surface area (Å²) in [5.41, 5.74) is 5.34. The number of methoxy groups -OCH3 is 1. The number of nitrogens with zero attached hydrogens (tertiary/aromatic N) is 2. The maximum absolute atomic E-state index is 5.41. The molecule has 0 fully saturated rings. The first-order valence-corrected chi connectivity index (χ1v) is 9.33. The second kappa shape index (κ2) is 7.38. The molecule has 0 N–H and O–H groups in total. The van der Waals surface area contributed by atoms with E-state index in [0.29, 0.717) is 0 Å². The van der Waals surface area contributed by atoms with Crippen molar-refractivity contribution in [2.24, 2.45) is 0 Å². The minimum Gasteiger partial charge on any atom is -0.497 e. The van der Waals surface area contributed by atoms with Crippen LogP contribution in [0.4, 0.5) is 0 Å². The van der Waals surface area contributed by atoms with Crippen molar-refractivity contribution in [3.63, 3.8) is 0 Å². The van der Waals surface area contributed by atoms with Crippen molar-refractivity contribution in [3.8, 4) is 5.75 Å². The lowest BCUT2D eigenvalue weighted by molar-refractivity contribution is 0.220. The van der Waals surface area contributed by atoms with Crippen molar-refractivity contribution < 1.29 is 4.74 Å². The van der Waals surface area contributed by atoms with E-state index in [0.717, 1.165) is 31.8 Å². The van der Waals surface area contributed by atoms with Gasteiger partial charge in [-0.3, -0.25) is 4.90 Å². The smallest absolute Gasteiger partial charge is 0.119 e. The van der Waals surface area contributed by atoms with E-state index in [9.17, 15) is 0 Å². The highest BCUT2D eigenvalue weighted by atomic mass is 16.5. The van der Waals surface area contributed by atoms with Crippen LogP contribution >= 0.6 is 0 Å². The standard InChI is InChI=1S/C23H26N2O/c1-18-9-11-20(12-10-18)23-22-8-4-13-24(22)14-5-15-25(23)17-19-6-3-7-21(16-19)26-2/h3-4,6-13,16,23H,5,14-15,17H2,1-2H3. The lowest BCUT2D eigenvalue weighted by Gasteiger charge is -2.31. The quantitative estimate of drug-likeness (QED) is 0.675. The van der Waals surface area contributed by atoms with Crippen molar-refractivity contribution in [2.45, 2.75) is 32.5 Å². The van der Waals surface area contributed by atoms with Crippen molar-refractivity contribution >= 4 is 0 Å². The second-order valence-corrected chi connectivity index (χ2v) is 7.12. The Hall–Kier alpha value is -2.52. The third-order valence-electron chi connectivity index (χ3n) is 5.27. The predicted molar refractivity (Wildman–Crippen MR) is 105 cm³/mol. The summed E-state index contributed by atoms with van der Waals surface area (Å²) in [4.78, 5) is 2.60. The molecule has 0 radical (unpaired) electrons. The SMILES string of the molecule is COc1cccc(CN2CCCn3cccc3C2c2ccc(C)cc2)c1. The Morgan fingerprint density at radius 2 is 1.85 bits per heavy atom. The van der Waals surface area contributed by atoms with Gasteiger partial charge in [-0.15, -0.1) is 0 Å². The molecule has 0 aliphatic carbocycles. The summed E-state index contributed by atoms with van der Waals surface area (Å²) >= 11 is 0. The third kappa shape index (κ3) is 3.40. The van der Waals surface area contributed by atoms with Gasteiger partial charge in [0, 0.05) is 31.5 Å². The lowest BCUT2D eigenvalue weighted by atomic mass is 10.00. The van der Waals surface area contributed by atoms with Crippen LogP contribution in [0.2, 0.25) is 0 Å². The first kappa shape index (κ1) is 16.9. The van der Waals surface area contributed by atoms with E-state index in [-0.39, 0.29) is 6.04 Å². The molecule has 1 unspecified atom stereocenters. The zero-order valence-electron chi connectivity index (χ0n) is 15.6. The summed E-state index contributed by atoms with van der Waals surface area (Å²) < 4.78 is 7.83. The molecule has 0 spiro atoms. The van der Waals surface area contributed by atoms with E-state index in [1.54, 1.807) is 7.11 Å². The van der Waals surface area contributed by atoms with Crippen molar-refractivity contribution in [2.75, 3.05) is 13.7 Å². The van der Waals surface area contributed by atoms with Gasteiger partial charge in [0.1, 0.15) is 5.75 Å². The highest BCUT2D eigenvalue weighted by Crippen LogP contribution is 2.33. The normalized spacial score (nSPS) is 17.5. The largest absolute Gasteiger partial charge is 0.497 e. The molecule has 1 aliphatic rings. The summed E-state index contributed by atoms with van der Waals surface area (Å²) in [7, 11) is 1.73. The van der Waals surface area contributed by atoms with Crippen LogP contribution in [0, 0.1) is 6.92 Å². The van der Waals surface area contributed by atoms with E-state index in [1.807, 2.05) is 6.07 Å². The van der Waals surface area contributed by atoms with Gasteiger partial charge in [0.2, 0.25) is 0 Å². The summed E-state index contributed by atoms with van der Waals surface area (Å²) in [5, 5.41) is 0. The molecule has 3 heteroatoms. The number of ether oxygens (including phenoxy) is 1. The summed E-state index contributed by atoms with van der Waals surface area (Å²) in [5.74, 6) is 0.924. The zero-order chi connectivity index (χ0) is 17.9. The molecule has 3 nitrogen and oxygen atoms in total. The molecule has 1 atom stereocenters. The molecular weight excluding hydrogens is 320 g/mol. The highest BCUT2D eigenvalue weighted by molar-refractivity contribution is 5.33.